The lowest BCUT2D eigenvalue weighted by atomic mass is 9.98. The molecule has 3 nitrogen and oxygen atoms in total. The van der Waals surface area contributed by atoms with Crippen molar-refractivity contribution >= 4 is 23.0 Å². The number of thiophene rings is 1. The molecule has 0 saturated heterocycles. The van der Waals surface area contributed by atoms with Gasteiger partial charge in [0.05, 0.1) is 12.0 Å². The third kappa shape index (κ3) is 3.23. The molecule has 0 bridgehead atoms. The zero-order valence-electron chi connectivity index (χ0n) is 10.3. The SMILES string of the molecule is C=C[C@H](C(=O)O)[C@@H](Nc1ccccc1)c1cccs1. The fourth-order valence-corrected chi connectivity index (χ4v) is 2.72. The maximum atomic E-state index is 11.4. The fraction of sp³-hybridized carbons (Fsp3) is 0.133. The number of anilines is 1. The van der Waals surface area contributed by atoms with Gasteiger partial charge in [-0.25, -0.2) is 0 Å². The van der Waals surface area contributed by atoms with Crippen molar-refractivity contribution in [2.75, 3.05) is 5.32 Å². The molecule has 2 aromatic rings. The Hall–Kier alpha value is -2.07. The monoisotopic (exact) mass is 273 g/mol. The molecule has 2 atom stereocenters. The van der Waals surface area contributed by atoms with E-state index in [1.54, 1.807) is 0 Å². The number of carbonyl (C=O) groups is 1. The molecule has 0 aliphatic rings. The van der Waals surface area contributed by atoms with Crippen molar-refractivity contribution < 1.29 is 9.90 Å². The van der Waals surface area contributed by atoms with Crippen molar-refractivity contribution in [3.05, 3.63) is 65.4 Å². The number of hydrogen-bond acceptors (Lipinski definition) is 3. The van der Waals surface area contributed by atoms with Gasteiger partial charge in [-0.1, -0.05) is 30.3 Å². The molecule has 2 rings (SSSR count). The van der Waals surface area contributed by atoms with Gasteiger partial charge in [-0.2, -0.15) is 0 Å². The molecule has 2 N–H and O–H groups in total. The summed E-state index contributed by atoms with van der Waals surface area (Å²) in [5.41, 5.74) is 0.897. The van der Waals surface area contributed by atoms with Crippen LogP contribution < -0.4 is 5.32 Å². The van der Waals surface area contributed by atoms with E-state index in [-0.39, 0.29) is 6.04 Å². The normalized spacial score (nSPS) is 13.5. The van der Waals surface area contributed by atoms with Crippen LogP contribution in [0.15, 0.2) is 60.5 Å². The van der Waals surface area contributed by atoms with E-state index in [2.05, 4.69) is 11.9 Å². The maximum absolute atomic E-state index is 11.4. The first-order valence-corrected chi connectivity index (χ1v) is 6.80. The number of aliphatic carboxylic acids is 1. The van der Waals surface area contributed by atoms with Crippen LogP contribution in [0.2, 0.25) is 0 Å². The van der Waals surface area contributed by atoms with Crippen LogP contribution in [0.5, 0.6) is 0 Å². The third-order valence-corrected chi connectivity index (χ3v) is 3.80. The lowest BCUT2D eigenvalue weighted by Crippen LogP contribution is -2.25. The standard InChI is InChI=1S/C15H15NO2S/c1-2-12(15(17)18)14(13-9-6-10-19-13)16-11-7-4-3-5-8-11/h2-10,12,14,16H,1H2,(H,17,18)/t12-,14+/m0/s1. The molecule has 0 fully saturated rings. The minimum absolute atomic E-state index is 0.308. The summed E-state index contributed by atoms with van der Waals surface area (Å²) >= 11 is 1.54. The van der Waals surface area contributed by atoms with E-state index in [0.717, 1.165) is 10.6 Å². The van der Waals surface area contributed by atoms with Gasteiger partial charge in [-0.3, -0.25) is 4.79 Å². The van der Waals surface area contributed by atoms with Crippen LogP contribution in [0.4, 0.5) is 5.69 Å². The topological polar surface area (TPSA) is 49.3 Å². The zero-order chi connectivity index (χ0) is 13.7. The van der Waals surface area contributed by atoms with Crippen molar-refractivity contribution in [2.24, 2.45) is 5.92 Å². The molecular formula is C15H15NO2S. The highest BCUT2D eigenvalue weighted by Gasteiger charge is 2.27. The lowest BCUT2D eigenvalue weighted by Gasteiger charge is -2.23. The summed E-state index contributed by atoms with van der Waals surface area (Å²) in [7, 11) is 0. The van der Waals surface area contributed by atoms with Gasteiger partial charge in [0.15, 0.2) is 0 Å². The Kier molecular flexibility index (Phi) is 4.36. The highest BCUT2D eigenvalue weighted by Crippen LogP contribution is 2.30. The summed E-state index contributed by atoms with van der Waals surface area (Å²) in [5, 5.41) is 14.5. The molecule has 0 aliphatic carbocycles. The molecule has 98 valence electrons. The Bertz CT molecular complexity index is 537. The first-order chi connectivity index (χ1) is 9.22. The third-order valence-electron chi connectivity index (χ3n) is 2.84. The number of para-hydroxylation sites is 1. The molecule has 1 aromatic carbocycles. The maximum Gasteiger partial charge on any atom is 0.312 e. The second-order valence-corrected chi connectivity index (χ2v) is 5.08. The Balaban J connectivity index is 2.29. The minimum Gasteiger partial charge on any atom is -0.481 e. The van der Waals surface area contributed by atoms with Crippen LogP contribution in [0.1, 0.15) is 10.9 Å². The summed E-state index contributed by atoms with van der Waals surface area (Å²) in [5.74, 6) is -1.55. The highest BCUT2D eigenvalue weighted by molar-refractivity contribution is 7.10. The number of hydrogen-bond donors (Lipinski definition) is 2. The Morgan fingerprint density at radius 3 is 2.53 bits per heavy atom. The summed E-state index contributed by atoms with van der Waals surface area (Å²) in [4.78, 5) is 12.3. The van der Waals surface area contributed by atoms with Crippen LogP contribution in [0.3, 0.4) is 0 Å². The number of carboxylic acid groups (broad SMARTS) is 1. The predicted molar refractivity (Wildman–Crippen MR) is 78.4 cm³/mol. The second-order valence-electron chi connectivity index (χ2n) is 4.10. The molecular weight excluding hydrogens is 258 g/mol. The van der Waals surface area contributed by atoms with E-state index in [9.17, 15) is 9.90 Å². The molecule has 0 unspecified atom stereocenters. The van der Waals surface area contributed by atoms with Gasteiger partial charge in [-0.15, -0.1) is 17.9 Å². The van der Waals surface area contributed by atoms with Crippen LogP contribution in [-0.4, -0.2) is 11.1 Å². The van der Waals surface area contributed by atoms with E-state index in [4.69, 9.17) is 0 Å². The molecule has 19 heavy (non-hydrogen) atoms. The molecule has 0 amide bonds. The Labute approximate surface area is 116 Å². The van der Waals surface area contributed by atoms with E-state index in [1.165, 1.54) is 17.4 Å². The molecule has 0 spiro atoms. The number of nitrogens with one attached hydrogen (secondary N) is 1. The molecule has 1 aromatic heterocycles. The van der Waals surface area contributed by atoms with Crippen LogP contribution in [0, 0.1) is 5.92 Å². The van der Waals surface area contributed by atoms with Crippen LogP contribution in [0.25, 0.3) is 0 Å². The molecule has 4 heteroatoms. The number of benzene rings is 1. The Morgan fingerprint density at radius 2 is 2.00 bits per heavy atom. The van der Waals surface area contributed by atoms with Crippen molar-refractivity contribution in [2.45, 2.75) is 6.04 Å². The average molecular weight is 273 g/mol. The van der Waals surface area contributed by atoms with E-state index < -0.39 is 11.9 Å². The van der Waals surface area contributed by atoms with Crippen LogP contribution >= 0.6 is 11.3 Å². The second kappa shape index (κ2) is 6.20. The largest absolute Gasteiger partial charge is 0.481 e. The van der Waals surface area contributed by atoms with Crippen molar-refractivity contribution in [3.63, 3.8) is 0 Å². The van der Waals surface area contributed by atoms with E-state index in [1.807, 2.05) is 47.8 Å². The number of carboxylic acids is 1. The van der Waals surface area contributed by atoms with Crippen molar-refractivity contribution in [1.29, 1.82) is 0 Å². The summed E-state index contributed by atoms with van der Waals surface area (Å²) < 4.78 is 0. The Morgan fingerprint density at radius 1 is 1.26 bits per heavy atom. The van der Waals surface area contributed by atoms with E-state index in [0.29, 0.717) is 0 Å². The van der Waals surface area contributed by atoms with Crippen molar-refractivity contribution in [1.82, 2.24) is 0 Å². The van der Waals surface area contributed by atoms with Gasteiger partial charge in [0, 0.05) is 10.6 Å². The molecule has 0 aliphatic heterocycles. The van der Waals surface area contributed by atoms with E-state index >= 15 is 0 Å². The smallest absolute Gasteiger partial charge is 0.312 e. The predicted octanol–water partition coefficient (Wildman–Crippen LogP) is 3.79. The summed E-state index contributed by atoms with van der Waals surface area (Å²) in [6.07, 6.45) is 1.47. The average Bonchev–Trinajstić information content (AvgIpc) is 2.93. The van der Waals surface area contributed by atoms with Gasteiger partial charge in [0.1, 0.15) is 0 Å². The fourth-order valence-electron chi connectivity index (χ4n) is 1.90. The van der Waals surface area contributed by atoms with Gasteiger partial charge >= 0.3 is 5.97 Å². The zero-order valence-corrected chi connectivity index (χ0v) is 11.1. The van der Waals surface area contributed by atoms with Crippen molar-refractivity contribution in [3.8, 4) is 0 Å². The van der Waals surface area contributed by atoms with Gasteiger partial charge < -0.3 is 10.4 Å². The molecule has 0 radical (unpaired) electrons. The summed E-state index contributed by atoms with van der Waals surface area (Å²) in [6.45, 7) is 3.64. The summed E-state index contributed by atoms with van der Waals surface area (Å²) in [6, 6.07) is 13.1. The first kappa shape index (κ1) is 13.4. The minimum atomic E-state index is -0.878. The number of rotatable bonds is 6. The quantitative estimate of drug-likeness (QED) is 0.787. The van der Waals surface area contributed by atoms with Gasteiger partial charge in [0.2, 0.25) is 0 Å². The first-order valence-electron chi connectivity index (χ1n) is 5.92. The molecule has 0 saturated carbocycles. The van der Waals surface area contributed by atoms with Crippen LogP contribution in [-0.2, 0) is 4.79 Å². The van der Waals surface area contributed by atoms with Gasteiger partial charge in [-0.05, 0) is 23.6 Å². The van der Waals surface area contributed by atoms with Gasteiger partial charge in [0.25, 0.3) is 0 Å². The molecule has 1 heterocycles. The lowest BCUT2D eigenvalue weighted by molar-refractivity contribution is -0.140. The highest BCUT2D eigenvalue weighted by atomic mass is 32.1.